The molecule has 1 saturated carbocycles. The van der Waals surface area contributed by atoms with Crippen LogP contribution in [0, 0.1) is 21.2 Å². The number of hydrogen-bond donors (Lipinski definition) is 0. The van der Waals surface area contributed by atoms with Gasteiger partial charge in [-0.1, -0.05) is 6.07 Å². The van der Waals surface area contributed by atoms with Gasteiger partial charge < -0.3 is 4.74 Å². The molecule has 2 aromatic rings. The van der Waals surface area contributed by atoms with E-state index in [-0.39, 0.29) is 23.4 Å². The van der Waals surface area contributed by atoms with Crippen LogP contribution >= 0.6 is 22.6 Å². The van der Waals surface area contributed by atoms with Gasteiger partial charge in [-0.15, -0.1) is 0 Å². The molecule has 7 heteroatoms. The highest BCUT2D eigenvalue weighted by molar-refractivity contribution is 14.1. The quantitative estimate of drug-likeness (QED) is 0.330. The average molecular weight is 528 g/mol. The van der Waals surface area contributed by atoms with Gasteiger partial charge in [-0.25, -0.2) is 12.8 Å². The Bertz CT molecular complexity index is 1050. The Hall–Kier alpha value is -1.48. The Morgan fingerprint density at radius 3 is 2.62 bits per heavy atom. The maximum absolute atomic E-state index is 14.0. The van der Waals surface area contributed by atoms with Crippen molar-refractivity contribution in [1.29, 1.82) is 0 Å². The number of sulfone groups is 1. The summed E-state index contributed by atoms with van der Waals surface area (Å²) in [4.78, 5) is 12.7. The number of aryl methyl sites for hydroxylation is 1. The highest BCUT2D eigenvalue weighted by Gasteiger charge is 2.61. The third-order valence-corrected chi connectivity index (χ3v) is 9.60. The van der Waals surface area contributed by atoms with Crippen molar-refractivity contribution in [1.82, 2.24) is 0 Å². The van der Waals surface area contributed by atoms with Crippen LogP contribution < -0.4 is 0 Å². The van der Waals surface area contributed by atoms with E-state index in [9.17, 15) is 17.6 Å². The number of halogens is 2. The molecule has 3 unspecified atom stereocenters. The van der Waals surface area contributed by atoms with Gasteiger partial charge in [0.25, 0.3) is 0 Å². The topological polar surface area (TPSA) is 60.4 Å². The molecule has 0 bridgehead atoms. The normalized spacial score (nSPS) is 25.9. The molecule has 0 radical (unpaired) electrons. The van der Waals surface area contributed by atoms with Crippen molar-refractivity contribution in [3.8, 4) is 0 Å². The van der Waals surface area contributed by atoms with Crippen LogP contribution in [0.4, 0.5) is 4.39 Å². The summed E-state index contributed by atoms with van der Waals surface area (Å²) in [6.45, 7) is 2.03. The molecule has 154 valence electrons. The fraction of sp³-hybridized carbons (Fsp3) is 0.409. The van der Waals surface area contributed by atoms with Gasteiger partial charge in [0.2, 0.25) is 0 Å². The molecule has 0 spiro atoms. The van der Waals surface area contributed by atoms with E-state index in [4.69, 9.17) is 4.74 Å². The molecular formula is C22H22FIO4S. The molecule has 0 saturated heterocycles. The average Bonchev–Trinajstić information content (AvgIpc) is 3.10. The van der Waals surface area contributed by atoms with Crippen LogP contribution in [0.15, 0.2) is 47.4 Å². The van der Waals surface area contributed by atoms with Crippen molar-refractivity contribution in [2.75, 3.05) is 6.61 Å². The number of benzene rings is 2. The van der Waals surface area contributed by atoms with Crippen LogP contribution in [0.2, 0.25) is 0 Å². The van der Waals surface area contributed by atoms with Crippen LogP contribution in [0.25, 0.3) is 0 Å². The van der Waals surface area contributed by atoms with Crippen molar-refractivity contribution < 1.29 is 22.3 Å². The zero-order valence-corrected chi connectivity index (χ0v) is 19.0. The zero-order valence-electron chi connectivity index (χ0n) is 16.0. The number of esters is 1. The lowest BCUT2D eigenvalue weighted by Crippen LogP contribution is -2.45. The van der Waals surface area contributed by atoms with Gasteiger partial charge in [-0.3, -0.25) is 4.79 Å². The number of ether oxygens (including phenoxy) is 1. The largest absolute Gasteiger partial charge is 0.466 e. The summed E-state index contributed by atoms with van der Waals surface area (Å²) in [6, 6.07) is 10.9. The Labute approximate surface area is 183 Å². The van der Waals surface area contributed by atoms with Crippen LogP contribution in [0.3, 0.4) is 0 Å². The summed E-state index contributed by atoms with van der Waals surface area (Å²) >= 11 is 2.23. The third kappa shape index (κ3) is 3.21. The molecule has 29 heavy (non-hydrogen) atoms. The molecule has 4 rings (SSSR count). The predicted molar refractivity (Wildman–Crippen MR) is 116 cm³/mol. The SMILES string of the molecule is CCOC(=O)C1CCC2(S(=O)(=O)c3ccc(F)cc3)c3ccc(I)cc3CCC12. The summed E-state index contributed by atoms with van der Waals surface area (Å²) in [5.74, 6) is -1.60. The standard InChI is InChI=1S/C22H22FIO4S/c1-2-28-21(25)18-11-12-22(29(26,27)17-7-4-15(23)5-8-17)19-10-6-16(24)13-14(19)3-9-20(18)22/h4-8,10,13,18,20H,2-3,9,11-12H2,1H3. The Morgan fingerprint density at radius 1 is 1.21 bits per heavy atom. The molecule has 0 amide bonds. The third-order valence-electron chi connectivity index (χ3n) is 6.35. The molecule has 2 aromatic carbocycles. The van der Waals surface area contributed by atoms with E-state index in [1.807, 2.05) is 18.2 Å². The minimum atomic E-state index is -3.86. The Morgan fingerprint density at radius 2 is 1.93 bits per heavy atom. The van der Waals surface area contributed by atoms with Gasteiger partial charge in [0, 0.05) is 3.57 Å². The first-order chi connectivity index (χ1) is 13.8. The monoisotopic (exact) mass is 528 g/mol. The molecule has 0 aliphatic heterocycles. The van der Waals surface area contributed by atoms with E-state index < -0.39 is 26.3 Å². The summed E-state index contributed by atoms with van der Waals surface area (Å²) in [7, 11) is -3.86. The second kappa shape index (κ2) is 7.65. The fourth-order valence-electron chi connectivity index (χ4n) is 5.18. The summed E-state index contributed by atoms with van der Waals surface area (Å²) in [6.07, 6.45) is 2.16. The van der Waals surface area contributed by atoms with Crippen molar-refractivity contribution in [2.45, 2.75) is 42.2 Å². The van der Waals surface area contributed by atoms with Crippen molar-refractivity contribution in [2.24, 2.45) is 11.8 Å². The number of hydrogen-bond acceptors (Lipinski definition) is 4. The first-order valence-electron chi connectivity index (χ1n) is 9.77. The van der Waals surface area contributed by atoms with E-state index in [1.165, 1.54) is 24.3 Å². The maximum Gasteiger partial charge on any atom is 0.309 e. The highest BCUT2D eigenvalue weighted by atomic mass is 127. The fourth-order valence-corrected chi connectivity index (χ4v) is 8.20. The lowest BCUT2D eigenvalue weighted by molar-refractivity contribution is -0.149. The lowest BCUT2D eigenvalue weighted by Gasteiger charge is -2.42. The van der Waals surface area contributed by atoms with Gasteiger partial charge in [-0.2, -0.15) is 0 Å². The van der Waals surface area contributed by atoms with Gasteiger partial charge >= 0.3 is 5.97 Å². The van der Waals surface area contributed by atoms with E-state index in [1.54, 1.807) is 6.92 Å². The van der Waals surface area contributed by atoms with Crippen LogP contribution in [0.1, 0.15) is 37.3 Å². The Kier molecular flexibility index (Phi) is 5.48. The first-order valence-corrected chi connectivity index (χ1v) is 12.3. The highest BCUT2D eigenvalue weighted by Crippen LogP contribution is 2.59. The molecule has 0 heterocycles. The number of rotatable bonds is 4. The molecule has 0 aromatic heterocycles. The van der Waals surface area contributed by atoms with Crippen molar-refractivity contribution in [3.05, 3.63) is 63.0 Å². The van der Waals surface area contributed by atoms with Gasteiger partial charge in [-0.05, 0) is 109 Å². The van der Waals surface area contributed by atoms with E-state index >= 15 is 0 Å². The minimum Gasteiger partial charge on any atom is -0.466 e. The summed E-state index contributed by atoms with van der Waals surface area (Å²) in [5, 5.41) is 0. The maximum atomic E-state index is 14.0. The molecular weight excluding hydrogens is 506 g/mol. The second-order valence-corrected chi connectivity index (χ2v) is 11.1. The van der Waals surface area contributed by atoms with Gasteiger partial charge in [0.1, 0.15) is 10.6 Å². The number of fused-ring (bicyclic) bond motifs is 3. The van der Waals surface area contributed by atoms with Crippen LogP contribution in [-0.4, -0.2) is 21.0 Å². The first kappa shape index (κ1) is 20.8. The Balaban J connectivity index is 1.92. The van der Waals surface area contributed by atoms with E-state index in [0.717, 1.165) is 21.1 Å². The molecule has 0 N–H and O–H groups in total. The van der Waals surface area contributed by atoms with Crippen molar-refractivity contribution >= 4 is 38.4 Å². The zero-order chi connectivity index (χ0) is 20.8. The summed E-state index contributed by atoms with van der Waals surface area (Å²) in [5.41, 5.74) is 1.80. The number of carbonyl (C=O) groups is 1. The second-order valence-electron chi connectivity index (χ2n) is 7.69. The summed E-state index contributed by atoms with van der Waals surface area (Å²) < 4.78 is 46.6. The van der Waals surface area contributed by atoms with Gasteiger partial charge in [0.15, 0.2) is 9.84 Å². The predicted octanol–water partition coefficient (Wildman–Crippen LogP) is 4.64. The van der Waals surface area contributed by atoms with E-state index in [0.29, 0.717) is 19.3 Å². The van der Waals surface area contributed by atoms with E-state index in [2.05, 4.69) is 22.6 Å². The molecule has 2 aliphatic rings. The molecule has 2 aliphatic carbocycles. The minimum absolute atomic E-state index is 0.0970. The van der Waals surface area contributed by atoms with Gasteiger partial charge in [0.05, 0.1) is 17.4 Å². The molecule has 4 nitrogen and oxygen atoms in total. The van der Waals surface area contributed by atoms with Crippen molar-refractivity contribution in [3.63, 3.8) is 0 Å². The number of carbonyl (C=O) groups excluding carboxylic acids is 1. The van der Waals surface area contributed by atoms with Crippen LogP contribution in [-0.2, 0) is 30.5 Å². The smallest absolute Gasteiger partial charge is 0.309 e. The molecule has 1 fully saturated rings. The molecule has 3 atom stereocenters. The lowest BCUT2D eigenvalue weighted by atomic mass is 9.73. The van der Waals surface area contributed by atoms with Crippen LogP contribution in [0.5, 0.6) is 0 Å².